The van der Waals surface area contributed by atoms with Gasteiger partial charge in [-0.1, -0.05) is 13.0 Å². The van der Waals surface area contributed by atoms with Crippen LogP contribution in [0.4, 0.5) is 18.0 Å². The maximum atomic E-state index is 12.9. The number of ether oxygens (including phenoxy) is 1. The number of carbonyl (C=O) groups excluding carboxylic acids is 1. The average Bonchev–Trinajstić information content (AvgIpc) is 2.44. The van der Waals surface area contributed by atoms with E-state index in [4.69, 9.17) is 4.74 Å². The van der Waals surface area contributed by atoms with Crippen molar-refractivity contribution in [2.45, 2.75) is 45.9 Å². The van der Waals surface area contributed by atoms with E-state index in [0.717, 1.165) is 12.3 Å². The summed E-state index contributed by atoms with van der Waals surface area (Å²) in [5.74, 6) is 0.194. The normalized spacial score (nSPS) is 19.0. The lowest BCUT2D eigenvalue weighted by atomic mass is 9.98. The highest BCUT2D eigenvalue weighted by atomic mass is 19.4. The standard InChI is InChI=1S/C17H21F3N2O2/c1-11-5-6-14(22(10-11)15(23)24-16(2,3)4)12-7-13(9-21-8-12)17(18,19)20/h6-9,11H,5,10H2,1-4H3. The largest absolute Gasteiger partial charge is 0.443 e. The Bertz CT molecular complexity index is 648. The Balaban J connectivity index is 2.37. The molecule has 1 aliphatic rings. The molecule has 0 spiro atoms. The molecule has 1 atom stereocenters. The van der Waals surface area contributed by atoms with E-state index in [1.54, 1.807) is 26.8 Å². The van der Waals surface area contributed by atoms with Crippen LogP contribution >= 0.6 is 0 Å². The fraction of sp³-hybridized carbons (Fsp3) is 0.529. The monoisotopic (exact) mass is 342 g/mol. The van der Waals surface area contributed by atoms with Crippen molar-refractivity contribution in [3.05, 3.63) is 35.7 Å². The Morgan fingerprint density at radius 1 is 1.29 bits per heavy atom. The van der Waals surface area contributed by atoms with Crippen molar-refractivity contribution in [3.63, 3.8) is 0 Å². The van der Waals surface area contributed by atoms with Gasteiger partial charge in [-0.05, 0) is 39.2 Å². The van der Waals surface area contributed by atoms with Crippen LogP contribution in [0.2, 0.25) is 0 Å². The molecular formula is C17H21F3N2O2. The van der Waals surface area contributed by atoms with Gasteiger partial charge in [0.25, 0.3) is 0 Å². The Labute approximate surface area is 139 Å². The predicted octanol–water partition coefficient (Wildman–Crippen LogP) is 4.72. The molecule has 0 bridgehead atoms. The van der Waals surface area contributed by atoms with Gasteiger partial charge in [0.1, 0.15) is 5.60 Å². The number of carbonyl (C=O) groups is 1. The summed E-state index contributed by atoms with van der Waals surface area (Å²) < 4.78 is 44.1. The first-order valence-corrected chi connectivity index (χ1v) is 7.70. The van der Waals surface area contributed by atoms with E-state index in [0.29, 0.717) is 18.7 Å². The molecule has 0 N–H and O–H groups in total. The first kappa shape index (κ1) is 18.3. The Morgan fingerprint density at radius 2 is 1.96 bits per heavy atom. The van der Waals surface area contributed by atoms with Crippen molar-refractivity contribution < 1.29 is 22.7 Å². The van der Waals surface area contributed by atoms with E-state index in [1.165, 1.54) is 11.1 Å². The van der Waals surface area contributed by atoms with Gasteiger partial charge in [0.05, 0.1) is 11.3 Å². The second-order valence-electron chi connectivity index (χ2n) is 6.98. The number of aromatic nitrogens is 1. The van der Waals surface area contributed by atoms with Gasteiger partial charge in [0.15, 0.2) is 0 Å². The predicted molar refractivity (Wildman–Crippen MR) is 83.9 cm³/mol. The molecule has 1 aromatic heterocycles. The Hall–Kier alpha value is -2.05. The molecule has 0 aliphatic carbocycles. The lowest BCUT2D eigenvalue weighted by molar-refractivity contribution is -0.137. The number of hydrogen-bond donors (Lipinski definition) is 0. The maximum absolute atomic E-state index is 12.9. The number of rotatable bonds is 1. The lowest BCUT2D eigenvalue weighted by Gasteiger charge is -2.33. The first-order valence-electron chi connectivity index (χ1n) is 7.70. The molecule has 2 rings (SSSR count). The number of amides is 1. The zero-order valence-electron chi connectivity index (χ0n) is 14.1. The number of nitrogens with zero attached hydrogens (tertiary/aromatic N) is 2. The number of hydrogen-bond acceptors (Lipinski definition) is 3. The van der Waals surface area contributed by atoms with Gasteiger partial charge in [-0.15, -0.1) is 0 Å². The van der Waals surface area contributed by atoms with Crippen molar-refractivity contribution in [3.8, 4) is 0 Å². The second kappa shape index (κ2) is 6.45. The molecule has 0 saturated heterocycles. The van der Waals surface area contributed by atoms with Gasteiger partial charge < -0.3 is 4.74 Å². The topological polar surface area (TPSA) is 42.4 Å². The van der Waals surface area contributed by atoms with Crippen molar-refractivity contribution in [2.75, 3.05) is 6.54 Å². The lowest BCUT2D eigenvalue weighted by Crippen LogP contribution is -2.39. The van der Waals surface area contributed by atoms with E-state index in [9.17, 15) is 18.0 Å². The summed E-state index contributed by atoms with van der Waals surface area (Å²) in [5, 5.41) is 0. The molecule has 1 aliphatic heterocycles. The zero-order chi connectivity index (χ0) is 18.1. The number of halogens is 3. The van der Waals surface area contributed by atoms with Crippen molar-refractivity contribution >= 4 is 11.8 Å². The third kappa shape index (κ3) is 4.49. The third-order valence-corrected chi connectivity index (χ3v) is 3.47. The molecule has 2 heterocycles. The second-order valence-corrected chi connectivity index (χ2v) is 6.98. The van der Waals surface area contributed by atoms with Crippen LogP contribution in [-0.2, 0) is 10.9 Å². The summed E-state index contributed by atoms with van der Waals surface area (Å²) in [6.07, 6.45) is -0.526. The van der Waals surface area contributed by atoms with Gasteiger partial charge in [-0.3, -0.25) is 9.88 Å². The third-order valence-electron chi connectivity index (χ3n) is 3.47. The van der Waals surface area contributed by atoms with E-state index < -0.39 is 23.4 Å². The van der Waals surface area contributed by atoms with Crippen LogP contribution in [0.1, 0.15) is 45.2 Å². The Kier molecular flexibility index (Phi) is 4.92. The van der Waals surface area contributed by atoms with Crippen LogP contribution in [-0.4, -0.2) is 28.1 Å². The molecule has 0 saturated carbocycles. The summed E-state index contributed by atoms with van der Waals surface area (Å²) >= 11 is 0. The van der Waals surface area contributed by atoms with Gasteiger partial charge in [-0.25, -0.2) is 4.79 Å². The fourth-order valence-corrected chi connectivity index (χ4v) is 2.41. The summed E-state index contributed by atoms with van der Waals surface area (Å²) in [6, 6.07) is 1.01. The minimum Gasteiger partial charge on any atom is -0.443 e. The summed E-state index contributed by atoms with van der Waals surface area (Å²) in [7, 11) is 0. The van der Waals surface area contributed by atoms with Gasteiger partial charge in [0, 0.05) is 24.5 Å². The molecule has 1 amide bonds. The zero-order valence-corrected chi connectivity index (χ0v) is 14.1. The number of allylic oxidation sites excluding steroid dienone is 1. The smallest absolute Gasteiger partial charge is 0.417 e. The minimum absolute atomic E-state index is 0.194. The number of pyridine rings is 1. The molecule has 0 radical (unpaired) electrons. The SMILES string of the molecule is CC1CC=C(c2cncc(C(F)(F)F)c2)N(C(=O)OC(C)(C)C)C1. The molecule has 1 unspecified atom stereocenters. The quantitative estimate of drug-likeness (QED) is 0.742. The van der Waals surface area contributed by atoms with Crippen molar-refractivity contribution in [1.29, 1.82) is 0 Å². The van der Waals surface area contributed by atoms with Gasteiger partial charge >= 0.3 is 12.3 Å². The van der Waals surface area contributed by atoms with E-state index >= 15 is 0 Å². The van der Waals surface area contributed by atoms with Gasteiger partial charge in [0.2, 0.25) is 0 Å². The summed E-state index contributed by atoms with van der Waals surface area (Å²) in [6.45, 7) is 7.58. The highest BCUT2D eigenvalue weighted by Gasteiger charge is 2.33. The molecule has 4 nitrogen and oxygen atoms in total. The molecule has 7 heteroatoms. The van der Waals surface area contributed by atoms with Crippen LogP contribution in [0, 0.1) is 5.92 Å². The van der Waals surface area contributed by atoms with Crippen molar-refractivity contribution in [2.24, 2.45) is 5.92 Å². The molecular weight excluding hydrogens is 321 g/mol. The number of alkyl halides is 3. The summed E-state index contributed by atoms with van der Waals surface area (Å²) in [5.41, 5.74) is -0.873. The van der Waals surface area contributed by atoms with E-state index in [2.05, 4.69) is 4.98 Å². The maximum Gasteiger partial charge on any atom is 0.417 e. The van der Waals surface area contributed by atoms with Crippen molar-refractivity contribution in [1.82, 2.24) is 9.88 Å². The summed E-state index contributed by atoms with van der Waals surface area (Å²) in [4.78, 5) is 17.5. The molecule has 0 fully saturated rings. The average molecular weight is 342 g/mol. The van der Waals surface area contributed by atoms with Crippen LogP contribution in [0.5, 0.6) is 0 Å². The first-order chi connectivity index (χ1) is 11.0. The van der Waals surface area contributed by atoms with E-state index in [1.807, 2.05) is 6.92 Å². The van der Waals surface area contributed by atoms with Crippen LogP contribution < -0.4 is 0 Å². The fourth-order valence-electron chi connectivity index (χ4n) is 2.41. The highest BCUT2D eigenvalue weighted by Crippen LogP contribution is 2.33. The molecule has 24 heavy (non-hydrogen) atoms. The van der Waals surface area contributed by atoms with Gasteiger partial charge in [-0.2, -0.15) is 13.2 Å². The molecule has 0 aromatic carbocycles. The van der Waals surface area contributed by atoms with Crippen LogP contribution in [0.3, 0.4) is 0 Å². The molecule has 1 aromatic rings. The van der Waals surface area contributed by atoms with Crippen LogP contribution in [0.15, 0.2) is 24.5 Å². The molecule has 132 valence electrons. The minimum atomic E-state index is -4.48. The van der Waals surface area contributed by atoms with E-state index in [-0.39, 0.29) is 11.5 Å². The Morgan fingerprint density at radius 3 is 2.54 bits per heavy atom. The van der Waals surface area contributed by atoms with Crippen LogP contribution in [0.25, 0.3) is 5.70 Å². The highest BCUT2D eigenvalue weighted by molar-refractivity contribution is 5.82.